The molecule has 0 radical (unpaired) electrons. The number of nitrogens with zero attached hydrogens (tertiary/aromatic N) is 4. The summed E-state index contributed by atoms with van der Waals surface area (Å²) in [6.07, 6.45) is 0. The average molecular weight is 226 g/mol. The minimum atomic E-state index is -0.0938. The van der Waals surface area contributed by atoms with Crippen molar-refractivity contribution in [2.45, 2.75) is 13.8 Å². The van der Waals surface area contributed by atoms with E-state index < -0.39 is 0 Å². The Balaban J connectivity index is 2.42. The number of carbonyl (C=O) groups excluding carboxylic acids is 1. The highest BCUT2D eigenvalue weighted by molar-refractivity contribution is 5.78. The van der Waals surface area contributed by atoms with Crippen LogP contribution in [-0.2, 0) is 9.53 Å². The molecular weight excluding hydrogens is 208 g/mol. The zero-order valence-corrected chi connectivity index (χ0v) is 9.80. The Labute approximate surface area is 95.2 Å². The van der Waals surface area contributed by atoms with E-state index >= 15 is 0 Å². The van der Waals surface area contributed by atoms with E-state index in [1.54, 1.807) is 4.90 Å². The van der Waals surface area contributed by atoms with Crippen LogP contribution in [0, 0.1) is 11.8 Å². The van der Waals surface area contributed by atoms with Crippen molar-refractivity contribution in [3.63, 3.8) is 0 Å². The predicted octanol–water partition coefficient (Wildman–Crippen LogP) is 1.43. The van der Waals surface area contributed by atoms with Crippen LogP contribution in [0.5, 0.6) is 0 Å². The molecule has 0 bridgehead atoms. The third kappa shape index (κ3) is 3.40. The third-order valence-electron chi connectivity index (χ3n) is 2.93. The molecule has 1 fully saturated rings. The van der Waals surface area contributed by atoms with Crippen LogP contribution in [0.1, 0.15) is 13.8 Å². The van der Waals surface area contributed by atoms with Crippen LogP contribution in [0.3, 0.4) is 0 Å². The molecule has 0 unspecified atom stereocenters. The molecule has 1 rings (SSSR count). The molecule has 0 aromatic heterocycles. The second kappa shape index (κ2) is 6.35. The van der Waals surface area contributed by atoms with Crippen LogP contribution in [0.4, 0.5) is 0 Å². The van der Waals surface area contributed by atoms with Gasteiger partial charge in [-0.3, -0.25) is 4.79 Å². The molecule has 1 heterocycles. The van der Waals surface area contributed by atoms with Crippen LogP contribution in [0.15, 0.2) is 5.11 Å². The van der Waals surface area contributed by atoms with Gasteiger partial charge >= 0.3 is 0 Å². The molecule has 0 saturated carbocycles. The van der Waals surface area contributed by atoms with Crippen LogP contribution in [0.25, 0.3) is 10.4 Å². The highest BCUT2D eigenvalue weighted by Gasteiger charge is 2.31. The van der Waals surface area contributed by atoms with E-state index in [1.807, 2.05) is 6.92 Å². The SMILES string of the molecule is CCOC[C@H]1CN(C(=O)CN=[N+]=[N-])C[C@H]1C. The molecule has 0 aromatic carbocycles. The van der Waals surface area contributed by atoms with Crippen molar-refractivity contribution in [2.24, 2.45) is 17.0 Å². The highest BCUT2D eigenvalue weighted by atomic mass is 16.5. The summed E-state index contributed by atoms with van der Waals surface area (Å²) in [5.41, 5.74) is 8.15. The molecular formula is C10H18N4O2. The lowest BCUT2D eigenvalue weighted by Gasteiger charge is -2.15. The summed E-state index contributed by atoms with van der Waals surface area (Å²) < 4.78 is 5.38. The summed E-state index contributed by atoms with van der Waals surface area (Å²) in [6, 6.07) is 0. The molecule has 0 aliphatic carbocycles. The van der Waals surface area contributed by atoms with Gasteiger partial charge in [-0.05, 0) is 18.4 Å². The lowest BCUT2D eigenvalue weighted by Crippen LogP contribution is -2.31. The topological polar surface area (TPSA) is 78.3 Å². The Kier molecular flexibility index (Phi) is 5.08. The normalized spacial score (nSPS) is 24.2. The van der Waals surface area contributed by atoms with Crippen LogP contribution >= 0.6 is 0 Å². The highest BCUT2D eigenvalue weighted by Crippen LogP contribution is 2.23. The molecule has 16 heavy (non-hydrogen) atoms. The fourth-order valence-corrected chi connectivity index (χ4v) is 1.92. The second-order valence-electron chi connectivity index (χ2n) is 4.08. The van der Waals surface area contributed by atoms with E-state index in [4.69, 9.17) is 10.3 Å². The monoisotopic (exact) mass is 226 g/mol. The number of hydrogen-bond acceptors (Lipinski definition) is 3. The first kappa shape index (κ1) is 12.8. The van der Waals surface area contributed by atoms with Crippen LogP contribution < -0.4 is 0 Å². The van der Waals surface area contributed by atoms with Gasteiger partial charge in [0, 0.05) is 30.5 Å². The summed E-state index contributed by atoms with van der Waals surface area (Å²) >= 11 is 0. The minimum absolute atomic E-state index is 0.0788. The van der Waals surface area contributed by atoms with Gasteiger partial charge in [0.2, 0.25) is 5.91 Å². The first-order chi connectivity index (χ1) is 7.69. The zero-order chi connectivity index (χ0) is 12.0. The lowest BCUT2D eigenvalue weighted by atomic mass is 9.99. The Bertz CT molecular complexity index is 289. The molecule has 2 atom stereocenters. The Hall–Kier alpha value is -1.26. The fraction of sp³-hybridized carbons (Fsp3) is 0.900. The molecule has 1 amide bonds. The van der Waals surface area contributed by atoms with Crippen LogP contribution in [0.2, 0.25) is 0 Å². The van der Waals surface area contributed by atoms with Crippen molar-refractivity contribution >= 4 is 5.91 Å². The average Bonchev–Trinajstić information content (AvgIpc) is 2.65. The van der Waals surface area contributed by atoms with E-state index in [9.17, 15) is 4.79 Å². The molecule has 90 valence electrons. The van der Waals surface area contributed by atoms with Crippen molar-refractivity contribution in [3.05, 3.63) is 10.4 Å². The van der Waals surface area contributed by atoms with E-state index in [1.165, 1.54) is 0 Å². The zero-order valence-electron chi connectivity index (χ0n) is 9.80. The maximum atomic E-state index is 11.6. The van der Waals surface area contributed by atoms with E-state index in [0.717, 1.165) is 6.54 Å². The lowest BCUT2D eigenvalue weighted by molar-refractivity contribution is -0.128. The molecule has 1 saturated heterocycles. The number of azide groups is 1. The van der Waals surface area contributed by atoms with Gasteiger partial charge in [-0.1, -0.05) is 12.0 Å². The fourth-order valence-electron chi connectivity index (χ4n) is 1.92. The standard InChI is InChI=1S/C10H18N4O2/c1-3-16-7-9-6-14(5-8(9)2)10(15)4-12-13-11/h8-9H,3-7H2,1-2H3/t8-,9-/m1/s1. The van der Waals surface area contributed by atoms with Crippen molar-refractivity contribution in [1.29, 1.82) is 0 Å². The predicted molar refractivity (Wildman–Crippen MR) is 59.7 cm³/mol. The number of ether oxygens (including phenoxy) is 1. The van der Waals surface area contributed by atoms with Crippen molar-refractivity contribution in [3.8, 4) is 0 Å². The molecule has 6 heteroatoms. The Morgan fingerprint density at radius 3 is 3.00 bits per heavy atom. The maximum absolute atomic E-state index is 11.6. The minimum Gasteiger partial charge on any atom is -0.381 e. The van der Waals surface area contributed by atoms with Gasteiger partial charge in [0.15, 0.2) is 0 Å². The molecule has 0 aromatic rings. The second-order valence-corrected chi connectivity index (χ2v) is 4.08. The van der Waals surface area contributed by atoms with E-state index in [2.05, 4.69) is 16.9 Å². The Morgan fingerprint density at radius 1 is 1.62 bits per heavy atom. The van der Waals surface area contributed by atoms with Crippen molar-refractivity contribution in [2.75, 3.05) is 32.8 Å². The van der Waals surface area contributed by atoms with Gasteiger partial charge in [-0.15, -0.1) is 0 Å². The summed E-state index contributed by atoms with van der Waals surface area (Å²) in [5, 5.41) is 3.29. The number of amides is 1. The number of hydrogen-bond donors (Lipinski definition) is 0. The van der Waals surface area contributed by atoms with Gasteiger partial charge < -0.3 is 9.64 Å². The molecule has 0 N–H and O–H groups in total. The quantitative estimate of drug-likeness (QED) is 0.404. The first-order valence-electron chi connectivity index (χ1n) is 5.55. The Morgan fingerprint density at radius 2 is 2.38 bits per heavy atom. The molecule has 1 aliphatic heterocycles. The smallest absolute Gasteiger partial charge is 0.228 e. The van der Waals surface area contributed by atoms with Gasteiger partial charge in [0.1, 0.15) is 6.54 Å². The summed E-state index contributed by atoms with van der Waals surface area (Å²) in [7, 11) is 0. The number of likely N-dealkylation sites (tertiary alicyclic amines) is 1. The van der Waals surface area contributed by atoms with Crippen molar-refractivity contribution < 1.29 is 9.53 Å². The van der Waals surface area contributed by atoms with Gasteiger partial charge in [0.05, 0.1) is 6.61 Å². The number of rotatable bonds is 5. The number of carbonyl (C=O) groups is 1. The van der Waals surface area contributed by atoms with E-state index in [0.29, 0.717) is 31.6 Å². The first-order valence-corrected chi connectivity index (χ1v) is 5.55. The maximum Gasteiger partial charge on any atom is 0.228 e. The van der Waals surface area contributed by atoms with E-state index in [-0.39, 0.29) is 12.5 Å². The third-order valence-corrected chi connectivity index (χ3v) is 2.93. The molecule has 6 nitrogen and oxygen atoms in total. The van der Waals surface area contributed by atoms with Gasteiger partial charge in [0.25, 0.3) is 0 Å². The van der Waals surface area contributed by atoms with Gasteiger partial charge in [-0.2, -0.15) is 0 Å². The molecule has 1 aliphatic rings. The van der Waals surface area contributed by atoms with Crippen molar-refractivity contribution in [1.82, 2.24) is 4.90 Å². The molecule has 0 spiro atoms. The van der Waals surface area contributed by atoms with Crippen LogP contribution in [-0.4, -0.2) is 43.7 Å². The van der Waals surface area contributed by atoms with Gasteiger partial charge in [-0.25, -0.2) is 0 Å². The summed E-state index contributed by atoms with van der Waals surface area (Å²) in [4.78, 5) is 15.9. The summed E-state index contributed by atoms with van der Waals surface area (Å²) in [5.74, 6) is 0.750. The largest absolute Gasteiger partial charge is 0.381 e. The summed E-state index contributed by atoms with van der Waals surface area (Å²) in [6.45, 7) is 6.84.